The summed E-state index contributed by atoms with van der Waals surface area (Å²) in [4.78, 5) is 21.1. The predicted octanol–water partition coefficient (Wildman–Crippen LogP) is 4.93. The van der Waals surface area contributed by atoms with Crippen LogP contribution in [0.15, 0.2) is 33.1 Å². The summed E-state index contributed by atoms with van der Waals surface area (Å²) in [5.41, 5.74) is 1.18. The highest BCUT2D eigenvalue weighted by molar-refractivity contribution is 9.10. The van der Waals surface area contributed by atoms with Crippen molar-refractivity contribution in [1.29, 1.82) is 0 Å². The molecule has 3 N–H and O–H groups in total. The van der Waals surface area contributed by atoms with Gasteiger partial charge in [0, 0.05) is 43.1 Å². The van der Waals surface area contributed by atoms with E-state index in [-0.39, 0.29) is 5.91 Å². The van der Waals surface area contributed by atoms with Gasteiger partial charge in [-0.1, -0.05) is 0 Å². The van der Waals surface area contributed by atoms with Crippen LogP contribution in [0.3, 0.4) is 0 Å². The summed E-state index contributed by atoms with van der Waals surface area (Å²) < 4.78 is 2.01. The van der Waals surface area contributed by atoms with Gasteiger partial charge in [0.15, 0.2) is 11.6 Å². The van der Waals surface area contributed by atoms with Gasteiger partial charge >= 0.3 is 0 Å². The number of thioether (sulfide) groups is 1. The number of rotatable bonds is 9. The zero-order valence-electron chi connectivity index (χ0n) is 15.9. The molecule has 29 heavy (non-hydrogen) atoms. The van der Waals surface area contributed by atoms with Crippen LogP contribution in [0.1, 0.15) is 37.8 Å². The summed E-state index contributed by atoms with van der Waals surface area (Å²) in [5.74, 6) is 3.74. The molecule has 0 radical (unpaired) electrons. The Bertz CT molecular complexity index is 1000. The Labute approximate surface area is 185 Å². The van der Waals surface area contributed by atoms with E-state index in [0.717, 1.165) is 27.3 Å². The molecule has 1 fully saturated rings. The van der Waals surface area contributed by atoms with E-state index >= 15 is 0 Å². The lowest BCUT2D eigenvalue weighted by molar-refractivity contribution is -0.118. The van der Waals surface area contributed by atoms with Gasteiger partial charge in [0.1, 0.15) is 5.82 Å². The van der Waals surface area contributed by atoms with Gasteiger partial charge in [-0.3, -0.25) is 9.89 Å². The van der Waals surface area contributed by atoms with Crippen molar-refractivity contribution in [3.63, 3.8) is 0 Å². The van der Waals surface area contributed by atoms with Crippen LogP contribution in [-0.2, 0) is 4.79 Å². The highest BCUT2D eigenvalue weighted by Gasteiger charge is 2.25. The zero-order valence-corrected chi connectivity index (χ0v) is 19.1. The van der Waals surface area contributed by atoms with E-state index in [1.807, 2.05) is 12.1 Å². The van der Waals surface area contributed by atoms with Gasteiger partial charge in [-0.05, 0) is 47.3 Å². The van der Waals surface area contributed by atoms with Gasteiger partial charge in [0.2, 0.25) is 5.91 Å². The second-order valence-corrected chi connectivity index (χ2v) is 10.1. The Hall–Kier alpha value is -1.91. The van der Waals surface area contributed by atoms with Crippen molar-refractivity contribution >= 4 is 56.6 Å². The topological polar surface area (TPSA) is 95.6 Å². The third kappa shape index (κ3) is 5.58. The van der Waals surface area contributed by atoms with Gasteiger partial charge in [-0.25, -0.2) is 9.97 Å². The molecule has 0 aromatic carbocycles. The van der Waals surface area contributed by atoms with Crippen molar-refractivity contribution in [2.45, 2.75) is 36.3 Å². The minimum absolute atomic E-state index is 0.0174. The fraction of sp³-hybridized carbons (Fsp3) is 0.368. The first kappa shape index (κ1) is 20.4. The standard InChI is InChI=1S/C19H21BrN6OS2/c1-11(27)21-7-2-8-28-17-6-5-15(29-17)19-22-10-13(20)18(24-19)23-16-9-14(25-26-16)12-3-4-12/h5-6,9-10,12H,2-4,7-8H2,1H3,(H,21,27)(H2,22,23,24,25,26). The molecule has 0 unspecified atom stereocenters. The van der Waals surface area contributed by atoms with E-state index in [1.165, 1.54) is 29.7 Å². The van der Waals surface area contributed by atoms with Crippen molar-refractivity contribution in [2.24, 2.45) is 0 Å². The molecule has 1 aliphatic carbocycles. The largest absolute Gasteiger partial charge is 0.356 e. The highest BCUT2D eigenvalue weighted by atomic mass is 79.9. The summed E-state index contributed by atoms with van der Waals surface area (Å²) in [5, 5.41) is 13.5. The molecule has 7 nitrogen and oxygen atoms in total. The Kier molecular flexibility index (Phi) is 6.51. The normalized spacial score (nSPS) is 13.4. The smallest absolute Gasteiger partial charge is 0.216 e. The zero-order chi connectivity index (χ0) is 20.2. The molecule has 0 spiro atoms. The molecule has 3 aromatic heterocycles. The molecule has 3 aromatic rings. The van der Waals surface area contributed by atoms with Crippen LogP contribution in [0.5, 0.6) is 0 Å². The van der Waals surface area contributed by atoms with E-state index in [4.69, 9.17) is 0 Å². The Morgan fingerprint density at radius 2 is 2.28 bits per heavy atom. The molecule has 1 amide bonds. The number of hydrogen-bond donors (Lipinski definition) is 3. The minimum Gasteiger partial charge on any atom is -0.356 e. The molecule has 3 heterocycles. The maximum atomic E-state index is 10.9. The van der Waals surface area contributed by atoms with Gasteiger partial charge in [-0.2, -0.15) is 5.10 Å². The second-order valence-electron chi connectivity index (χ2n) is 6.80. The number of aromatic nitrogens is 4. The summed E-state index contributed by atoms with van der Waals surface area (Å²) in [6.45, 7) is 2.25. The monoisotopic (exact) mass is 492 g/mol. The fourth-order valence-electron chi connectivity index (χ4n) is 2.73. The molecule has 10 heteroatoms. The molecule has 4 rings (SSSR count). The number of nitrogens with zero attached hydrogens (tertiary/aromatic N) is 3. The van der Waals surface area contributed by atoms with E-state index in [9.17, 15) is 4.79 Å². The van der Waals surface area contributed by atoms with Crippen LogP contribution >= 0.6 is 39.0 Å². The lowest BCUT2D eigenvalue weighted by Crippen LogP contribution is -2.21. The molecule has 0 saturated heterocycles. The number of halogens is 1. The third-order valence-electron chi connectivity index (χ3n) is 4.35. The quantitative estimate of drug-likeness (QED) is 0.289. The van der Waals surface area contributed by atoms with Crippen molar-refractivity contribution < 1.29 is 4.79 Å². The molecule has 1 aliphatic rings. The van der Waals surface area contributed by atoms with E-state index < -0.39 is 0 Å². The maximum absolute atomic E-state index is 10.9. The van der Waals surface area contributed by atoms with Gasteiger partial charge in [-0.15, -0.1) is 23.1 Å². The van der Waals surface area contributed by atoms with Crippen LogP contribution in [0, 0.1) is 0 Å². The number of hydrogen-bond acceptors (Lipinski definition) is 7. The minimum atomic E-state index is 0.0174. The van der Waals surface area contributed by atoms with E-state index in [0.29, 0.717) is 24.1 Å². The van der Waals surface area contributed by atoms with E-state index in [2.05, 4.69) is 52.8 Å². The SMILES string of the molecule is CC(=O)NCCCSc1ccc(-c2ncc(Br)c(Nc3cc(C4CC4)[nH]n3)n2)s1. The van der Waals surface area contributed by atoms with Gasteiger partial charge in [0.05, 0.1) is 13.6 Å². The Balaban J connectivity index is 1.39. The molecule has 0 bridgehead atoms. The average molecular weight is 493 g/mol. The Morgan fingerprint density at radius 1 is 1.41 bits per heavy atom. The van der Waals surface area contributed by atoms with Crippen LogP contribution in [0.2, 0.25) is 0 Å². The van der Waals surface area contributed by atoms with Crippen molar-refractivity contribution in [2.75, 3.05) is 17.6 Å². The summed E-state index contributed by atoms with van der Waals surface area (Å²) >= 11 is 6.97. The number of H-pyrrole nitrogens is 1. The summed E-state index contributed by atoms with van der Waals surface area (Å²) in [6.07, 6.45) is 5.16. The fourth-order valence-corrected chi connectivity index (χ4v) is 5.10. The first-order valence-electron chi connectivity index (χ1n) is 9.41. The molecule has 0 atom stereocenters. The number of nitrogens with one attached hydrogen (secondary N) is 3. The third-order valence-corrected chi connectivity index (χ3v) is 7.32. The van der Waals surface area contributed by atoms with E-state index in [1.54, 1.807) is 29.3 Å². The molecule has 0 aliphatic heterocycles. The van der Waals surface area contributed by atoms with Crippen LogP contribution in [-0.4, -0.2) is 38.4 Å². The summed E-state index contributed by atoms with van der Waals surface area (Å²) in [6, 6.07) is 6.19. The van der Waals surface area contributed by atoms with Gasteiger partial charge < -0.3 is 10.6 Å². The van der Waals surface area contributed by atoms with Gasteiger partial charge in [0.25, 0.3) is 0 Å². The lowest BCUT2D eigenvalue weighted by Gasteiger charge is -2.06. The van der Waals surface area contributed by atoms with Crippen molar-refractivity contribution in [3.8, 4) is 10.7 Å². The number of carbonyl (C=O) groups excluding carboxylic acids is 1. The predicted molar refractivity (Wildman–Crippen MR) is 121 cm³/mol. The van der Waals surface area contributed by atoms with Crippen molar-refractivity contribution in [3.05, 3.63) is 34.6 Å². The molecular formula is C19H21BrN6OS2. The average Bonchev–Trinajstić information content (AvgIpc) is 3.25. The number of thiophene rings is 1. The van der Waals surface area contributed by atoms with Crippen LogP contribution in [0.25, 0.3) is 10.7 Å². The first-order chi connectivity index (χ1) is 14.1. The first-order valence-corrected chi connectivity index (χ1v) is 12.0. The maximum Gasteiger partial charge on any atom is 0.216 e. The molecular weight excluding hydrogens is 472 g/mol. The summed E-state index contributed by atoms with van der Waals surface area (Å²) in [7, 11) is 0. The van der Waals surface area contributed by atoms with Crippen LogP contribution < -0.4 is 10.6 Å². The number of aromatic amines is 1. The van der Waals surface area contributed by atoms with Crippen molar-refractivity contribution in [1.82, 2.24) is 25.5 Å². The molecule has 152 valence electrons. The number of carbonyl (C=O) groups is 1. The lowest BCUT2D eigenvalue weighted by atomic mass is 10.3. The number of anilines is 2. The highest BCUT2D eigenvalue weighted by Crippen LogP contribution is 2.40. The number of amides is 1. The molecule has 1 saturated carbocycles. The Morgan fingerprint density at radius 3 is 3.07 bits per heavy atom. The second kappa shape index (κ2) is 9.27. The van der Waals surface area contributed by atoms with Crippen LogP contribution in [0.4, 0.5) is 11.6 Å².